The minimum atomic E-state index is -0.473. The van der Waals surface area contributed by atoms with Gasteiger partial charge in [-0.3, -0.25) is 9.59 Å². The number of carbonyl (C=O) groups is 2. The molecule has 1 aliphatic heterocycles. The lowest BCUT2D eigenvalue weighted by Crippen LogP contribution is -2.44. The molecule has 2 amide bonds. The lowest BCUT2D eigenvalue weighted by Gasteiger charge is -2.38. The van der Waals surface area contributed by atoms with E-state index in [1.54, 1.807) is 0 Å². The van der Waals surface area contributed by atoms with Crippen molar-refractivity contribution in [2.45, 2.75) is 49.9 Å². The SMILES string of the molecule is O=C1CC(C(=O)NCC2(c3ccc(F)cc3)CCCCC2)c2ccccc2N1. The fourth-order valence-electron chi connectivity index (χ4n) is 4.62. The molecule has 1 atom stereocenters. The largest absolute Gasteiger partial charge is 0.355 e. The first-order valence-electron chi connectivity index (χ1n) is 10.00. The van der Waals surface area contributed by atoms with Gasteiger partial charge in [-0.05, 0) is 42.2 Å². The number of rotatable bonds is 4. The van der Waals surface area contributed by atoms with Crippen molar-refractivity contribution in [1.29, 1.82) is 0 Å². The van der Waals surface area contributed by atoms with E-state index in [1.165, 1.54) is 18.6 Å². The van der Waals surface area contributed by atoms with E-state index in [0.717, 1.165) is 36.8 Å². The highest BCUT2D eigenvalue weighted by molar-refractivity contribution is 6.01. The molecule has 1 unspecified atom stereocenters. The topological polar surface area (TPSA) is 58.2 Å². The lowest BCUT2D eigenvalue weighted by atomic mass is 9.69. The van der Waals surface area contributed by atoms with E-state index in [1.807, 2.05) is 36.4 Å². The van der Waals surface area contributed by atoms with Crippen molar-refractivity contribution >= 4 is 17.5 Å². The van der Waals surface area contributed by atoms with E-state index in [-0.39, 0.29) is 29.5 Å². The zero-order valence-corrected chi connectivity index (χ0v) is 15.8. The number of hydrogen-bond acceptors (Lipinski definition) is 2. The number of fused-ring (bicyclic) bond motifs is 1. The Bertz CT molecular complexity index is 872. The second-order valence-corrected chi connectivity index (χ2v) is 7.96. The third-order valence-corrected chi connectivity index (χ3v) is 6.18. The summed E-state index contributed by atoms with van der Waals surface area (Å²) in [6, 6.07) is 14.1. The highest BCUT2D eigenvalue weighted by Crippen LogP contribution is 2.39. The molecule has 0 bridgehead atoms. The van der Waals surface area contributed by atoms with Crippen molar-refractivity contribution in [3.8, 4) is 0 Å². The molecule has 28 heavy (non-hydrogen) atoms. The average molecular weight is 380 g/mol. The van der Waals surface area contributed by atoms with E-state index in [2.05, 4.69) is 10.6 Å². The van der Waals surface area contributed by atoms with E-state index in [0.29, 0.717) is 12.2 Å². The van der Waals surface area contributed by atoms with E-state index < -0.39 is 5.92 Å². The summed E-state index contributed by atoms with van der Waals surface area (Å²) in [6.07, 6.45) is 5.49. The zero-order chi connectivity index (χ0) is 19.6. The number of benzene rings is 2. The minimum absolute atomic E-state index is 0.116. The normalized spacial score (nSPS) is 20.8. The maximum atomic E-state index is 13.4. The van der Waals surface area contributed by atoms with Gasteiger partial charge in [0, 0.05) is 24.1 Å². The monoisotopic (exact) mass is 380 g/mol. The lowest BCUT2D eigenvalue weighted by molar-refractivity contribution is -0.126. The van der Waals surface area contributed by atoms with Gasteiger partial charge in [-0.25, -0.2) is 4.39 Å². The van der Waals surface area contributed by atoms with Crippen LogP contribution in [0, 0.1) is 5.82 Å². The van der Waals surface area contributed by atoms with Crippen LogP contribution in [-0.2, 0) is 15.0 Å². The number of anilines is 1. The van der Waals surface area contributed by atoms with E-state index in [4.69, 9.17) is 0 Å². The van der Waals surface area contributed by atoms with Gasteiger partial charge in [-0.15, -0.1) is 0 Å². The second kappa shape index (κ2) is 7.74. The van der Waals surface area contributed by atoms with Gasteiger partial charge in [0.1, 0.15) is 5.82 Å². The third-order valence-electron chi connectivity index (χ3n) is 6.18. The molecular weight excluding hydrogens is 355 g/mol. The predicted octanol–water partition coefficient (Wildman–Crippen LogP) is 4.27. The first kappa shape index (κ1) is 18.7. The van der Waals surface area contributed by atoms with Crippen LogP contribution in [0.1, 0.15) is 55.6 Å². The molecule has 0 radical (unpaired) electrons. The van der Waals surface area contributed by atoms with Crippen LogP contribution in [0.15, 0.2) is 48.5 Å². The van der Waals surface area contributed by atoms with Gasteiger partial charge >= 0.3 is 0 Å². The number of carbonyl (C=O) groups excluding carboxylic acids is 2. The molecule has 1 saturated carbocycles. The molecule has 4 nitrogen and oxygen atoms in total. The van der Waals surface area contributed by atoms with Gasteiger partial charge in [0.25, 0.3) is 0 Å². The van der Waals surface area contributed by atoms with Gasteiger partial charge in [0.15, 0.2) is 0 Å². The Labute approximate surface area is 164 Å². The molecule has 0 saturated heterocycles. The Hall–Kier alpha value is -2.69. The van der Waals surface area contributed by atoms with Crippen LogP contribution in [0.4, 0.5) is 10.1 Å². The highest BCUT2D eigenvalue weighted by atomic mass is 19.1. The number of amides is 2. The second-order valence-electron chi connectivity index (χ2n) is 7.96. The van der Waals surface area contributed by atoms with Crippen LogP contribution in [0.25, 0.3) is 0 Å². The summed E-state index contributed by atoms with van der Waals surface area (Å²) in [5.74, 6) is -0.971. The number of nitrogens with one attached hydrogen (secondary N) is 2. The summed E-state index contributed by atoms with van der Waals surface area (Å²) >= 11 is 0. The van der Waals surface area contributed by atoms with Crippen LogP contribution in [0.3, 0.4) is 0 Å². The van der Waals surface area contributed by atoms with Gasteiger partial charge < -0.3 is 10.6 Å². The highest BCUT2D eigenvalue weighted by Gasteiger charge is 2.36. The number of hydrogen-bond donors (Lipinski definition) is 2. The van der Waals surface area contributed by atoms with Gasteiger partial charge in [0.2, 0.25) is 11.8 Å². The fraction of sp³-hybridized carbons (Fsp3) is 0.391. The molecule has 2 N–H and O–H groups in total. The van der Waals surface area contributed by atoms with Crippen LogP contribution < -0.4 is 10.6 Å². The first-order valence-corrected chi connectivity index (χ1v) is 10.00. The Kier molecular flexibility index (Phi) is 5.16. The van der Waals surface area contributed by atoms with Crippen molar-refractivity contribution in [2.24, 2.45) is 0 Å². The van der Waals surface area contributed by atoms with Crippen LogP contribution >= 0.6 is 0 Å². The van der Waals surface area contributed by atoms with Gasteiger partial charge in [0.05, 0.1) is 5.92 Å². The van der Waals surface area contributed by atoms with Crippen LogP contribution in [0.5, 0.6) is 0 Å². The molecule has 4 rings (SSSR count). The Morgan fingerprint density at radius 1 is 1.07 bits per heavy atom. The first-order chi connectivity index (χ1) is 13.6. The van der Waals surface area contributed by atoms with E-state index in [9.17, 15) is 14.0 Å². The van der Waals surface area contributed by atoms with Crippen molar-refractivity contribution in [2.75, 3.05) is 11.9 Å². The van der Waals surface area contributed by atoms with Crippen LogP contribution in [0.2, 0.25) is 0 Å². The smallest absolute Gasteiger partial charge is 0.228 e. The summed E-state index contributed by atoms with van der Waals surface area (Å²) in [4.78, 5) is 25.1. The summed E-state index contributed by atoms with van der Waals surface area (Å²) in [6.45, 7) is 0.512. The van der Waals surface area contributed by atoms with Crippen LogP contribution in [-0.4, -0.2) is 18.4 Å². The quantitative estimate of drug-likeness (QED) is 0.832. The van der Waals surface area contributed by atoms with Crippen molar-refractivity contribution in [1.82, 2.24) is 5.32 Å². The molecule has 2 aromatic rings. The molecule has 1 fully saturated rings. The zero-order valence-electron chi connectivity index (χ0n) is 15.8. The summed E-state index contributed by atoms with van der Waals surface area (Å²) in [7, 11) is 0. The van der Waals surface area contributed by atoms with E-state index >= 15 is 0 Å². The van der Waals surface area contributed by atoms with Crippen molar-refractivity contribution in [3.63, 3.8) is 0 Å². The fourth-order valence-corrected chi connectivity index (χ4v) is 4.62. The Balaban J connectivity index is 1.54. The molecule has 1 heterocycles. The molecule has 146 valence electrons. The Morgan fingerprint density at radius 2 is 1.79 bits per heavy atom. The molecule has 5 heteroatoms. The molecule has 2 aliphatic rings. The Morgan fingerprint density at radius 3 is 2.54 bits per heavy atom. The van der Waals surface area contributed by atoms with Crippen molar-refractivity contribution in [3.05, 3.63) is 65.5 Å². The molecule has 0 aromatic heterocycles. The summed E-state index contributed by atoms with van der Waals surface area (Å²) < 4.78 is 13.4. The molecule has 2 aromatic carbocycles. The molecule has 1 aliphatic carbocycles. The number of para-hydroxylation sites is 1. The third kappa shape index (κ3) is 3.66. The molecule has 0 spiro atoms. The maximum Gasteiger partial charge on any atom is 0.228 e. The summed E-state index contributed by atoms with van der Waals surface area (Å²) in [5, 5.41) is 5.96. The average Bonchev–Trinajstić information content (AvgIpc) is 2.72. The maximum absolute atomic E-state index is 13.4. The molecular formula is C23H25FN2O2. The van der Waals surface area contributed by atoms with Crippen molar-refractivity contribution < 1.29 is 14.0 Å². The predicted molar refractivity (Wildman–Crippen MR) is 107 cm³/mol. The minimum Gasteiger partial charge on any atom is -0.355 e. The standard InChI is InChI=1S/C23H25FN2O2/c24-17-10-8-16(9-11-17)23(12-4-1-5-13-23)15-25-22(28)19-14-21(27)26-20-7-3-2-6-18(19)20/h2-3,6-11,19H,1,4-5,12-15H2,(H,25,28)(H,26,27). The summed E-state index contributed by atoms with van der Waals surface area (Å²) in [5.41, 5.74) is 2.48. The van der Waals surface area contributed by atoms with Gasteiger partial charge in [-0.2, -0.15) is 0 Å². The number of halogens is 1. The van der Waals surface area contributed by atoms with Gasteiger partial charge in [-0.1, -0.05) is 49.6 Å².